The summed E-state index contributed by atoms with van der Waals surface area (Å²) in [6.45, 7) is 3.18. The summed E-state index contributed by atoms with van der Waals surface area (Å²) in [6, 6.07) is 3.23. The van der Waals surface area contributed by atoms with Crippen molar-refractivity contribution in [2.45, 2.75) is 6.92 Å². The maximum Gasteiger partial charge on any atom is 0.354 e. The summed E-state index contributed by atoms with van der Waals surface area (Å²) in [5.41, 5.74) is 0.780. The van der Waals surface area contributed by atoms with Gasteiger partial charge in [0.1, 0.15) is 5.69 Å². The molecule has 0 unspecified atom stereocenters. The number of aromatic carboxylic acids is 1. The number of rotatable bonds is 5. The van der Waals surface area contributed by atoms with Gasteiger partial charge >= 0.3 is 5.97 Å². The monoisotopic (exact) mass is 210 g/mol. The summed E-state index contributed by atoms with van der Waals surface area (Å²) < 4.78 is 0. The second kappa shape index (κ2) is 5.31. The van der Waals surface area contributed by atoms with Crippen molar-refractivity contribution in [3.8, 4) is 0 Å². The van der Waals surface area contributed by atoms with Crippen LogP contribution in [-0.4, -0.2) is 40.9 Å². The third-order valence-electron chi connectivity index (χ3n) is 2.08. The molecule has 0 saturated heterocycles. The number of anilines is 1. The minimum atomic E-state index is -1.04. The van der Waals surface area contributed by atoms with Gasteiger partial charge in [0.25, 0.3) is 0 Å². The molecule has 15 heavy (non-hydrogen) atoms. The lowest BCUT2D eigenvalue weighted by Gasteiger charge is -2.21. The second-order valence-corrected chi connectivity index (χ2v) is 3.01. The van der Waals surface area contributed by atoms with Crippen molar-refractivity contribution in [3.63, 3.8) is 0 Å². The molecule has 5 nitrogen and oxygen atoms in total. The Labute approximate surface area is 88.0 Å². The van der Waals surface area contributed by atoms with Crippen molar-refractivity contribution in [1.29, 1.82) is 0 Å². The summed E-state index contributed by atoms with van der Waals surface area (Å²) in [5.74, 6) is -1.04. The summed E-state index contributed by atoms with van der Waals surface area (Å²) in [6.07, 6.45) is 1.46. The molecule has 0 aliphatic heterocycles. The highest BCUT2D eigenvalue weighted by Crippen LogP contribution is 2.13. The van der Waals surface area contributed by atoms with Gasteiger partial charge in [0.15, 0.2) is 0 Å². The molecule has 0 fully saturated rings. The Kier molecular flexibility index (Phi) is 4.05. The van der Waals surface area contributed by atoms with Gasteiger partial charge in [0, 0.05) is 25.0 Å². The molecule has 0 saturated carbocycles. The first-order valence-electron chi connectivity index (χ1n) is 4.74. The molecule has 1 aromatic rings. The van der Waals surface area contributed by atoms with Gasteiger partial charge in [0.05, 0.1) is 6.61 Å². The van der Waals surface area contributed by atoms with E-state index in [-0.39, 0.29) is 12.3 Å². The fourth-order valence-electron chi connectivity index (χ4n) is 1.32. The van der Waals surface area contributed by atoms with E-state index in [2.05, 4.69) is 4.98 Å². The van der Waals surface area contributed by atoms with Crippen molar-refractivity contribution >= 4 is 11.7 Å². The Hall–Kier alpha value is -1.62. The Morgan fingerprint density at radius 2 is 2.33 bits per heavy atom. The standard InChI is InChI=1S/C10H14N2O3/c1-2-12(5-6-13)8-3-4-11-9(7-8)10(14)15/h3-4,7,13H,2,5-6H2,1H3,(H,14,15). The van der Waals surface area contributed by atoms with Crippen LogP contribution in [0.5, 0.6) is 0 Å². The minimum Gasteiger partial charge on any atom is -0.477 e. The summed E-state index contributed by atoms with van der Waals surface area (Å²) in [5, 5.41) is 17.6. The molecule has 1 heterocycles. The van der Waals surface area contributed by atoms with E-state index in [4.69, 9.17) is 10.2 Å². The van der Waals surface area contributed by atoms with Crippen LogP contribution < -0.4 is 4.90 Å². The molecule has 2 N–H and O–H groups in total. The number of carboxylic acid groups (broad SMARTS) is 1. The zero-order valence-electron chi connectivity index (χ0n) is 8.55. The van der Waals surface area contributed by atoms with Crippen LogP contribution in [0.4, 0.5) is 5.69 Å². The molecule has 0 aliphatic carbocycles. The fourth-order valence-corrected chi connectivity index (χ4v) is 1.32. The van der Waals surface area contributed by atoms with Gasteiger partial charge < -0.3 is 15.1 Å². The lowest BCUT2D eigenvalue weighted by molar-refractivity contribution is 0.0690. The average Bonchev–Trinajstić information content (AvgIpc) is 2.26. The van der Waals surface area contributed by atoms with Crippen LogP contribution in [-0.2, 0) is 0 Å². The first kappa shape index (κ1) is 11.5. The van der Waals surface area contributed by atoms with Crippen LogP contribution in [0.3, 0.4) is 0 Å². The number of pyridine rings is 1. The van der Waals surface area contributed by atoms with Gasteiger partial charge in [-0.1, -0.05) is 0 Å². The molecule has 0 aromatic carbocycles. The van der Waals surface area contributed by atoms with Crippen LogP contribution >= 0.6 is 0 Å². The molecule has 1 aromatic heterocycles. The highest BCUT2D eigenvalue weighted by Gasteiger charge is 2.08. The van der Waals surface area contributed by atoms with Crippen LogP contribution in [0.15, 0.2) is 18.3 Å². The van der Waals surface area contributed by atoms with E-state index in [1.807, 2.05) is 11.8 Å². The number of nitrogens with zero attached hydrogens (tertiary/aromatic N) is 2. The largest absolute Gasteiger partial charge is 0.477 e. The number of likely N-dealkylation sites (N-methyl/N-ethyl adjacent to an activating group) is 1. The van der Waals surface area contributed by atoms with Gasteiger partial charge in [0.2, 0.25) is 0 Å². The van der Waals surface area contributed by atoms with Crippen LogP contribution in [0, 0.1) is 0 Å². The predicted octanol–water partition coefficient (Wildman–Crippen LogP) is 0.598. The number of aliphatic hydroxyl groups is 1. The topological polar surface area (TPSA) is 73.7 Å². The third-order valence-corrected chi connectivity index (χ3v) is 2.08. The maximum atomic E-state index is 10.7. The zero-order valence-corrected chi connectivity index (χ0v) is 8.55. The van der Waals surface area contributed by atoms with Gasteiger partial charge in [-0.05, 0) is 19.1 Å². The smallest absolute Gasteiger partial charge is 0.354 e. The summed E-state index contributed by atoms with van der Waals surface area (Å²) in [4.78, 5) is 16.3. The first-order chi connectivity index (χ1) is 7.19. The quantitative estimate of drug-likeness (QED) is 0.744. The van der Waals surface area contributed by atoms with E-state index in [1.165, 1.54) is 12.3 Å². The first-order valence-corrected chi connectivity index (χ1v) is 4.74. The summed E-state index contributed by atoms with van der Waals surface area (Å²) >= 11 is 0. The van der Waals surface area contributed by atoms with Gasteiger partial charge in [-0.25, -0.2) is 9.78 Å². The van der Waals surface area contributed by atoms with E-state index in [0.717, 1.165) is 5.69 Å². The number of hydrogen-bond acceptors (Lipinski definition) is 4. The van der Waals surface area contributed by atoms with E-state index < -0.39 is 5.97 Å². The molecule has 1 rings (SSSR count). The van der Waals surface area contributed by atoms with E-state index in [0.29, 0.717) is 13.1 Å². The van der Waals surface area contributed by atoms with Crippen molar-refractivity contribution in [2.75, 3.05) is 24.6 Å². The molecule has 5 heteroatoms. The van der Waals surface area contributed by atoms with E-state index in [1.54, 1.807) is 6.07 Å². The van der Waals surface area contributed by atoms with Crippen LogP contribution in [0.1, 0.15) is 17.4 Å². The van der Waals surface area contributed by atoms with Crippen LogP contribution in [0.2, 0.25) is 0 Å². The molecule has 82 valence electrons. The van der Waals surface area contributed by atoms with Gasteiger partial charge in [-0.15, -0.1) is 0 Å². The number of hydrogen-bond donors (Lipinski definition) is 2. The molecule has 0 radical (unpaired) electrons. The fraction of sp³-hybridized carbons (Fsp3) is 0.400. The van der Waals surface area contributed by atoms with Crippen molar-refractivity contribution in [2.24, 2.45) is 0 Å². The van der Waals surface area contributed by atoms with Gasteiger partial charge in [-0.3, -0.25) is 0 Å². The number of aliphatic hydroxyl groups excluding tert-OH is 1. The molecular formula is C10H14N2O3. The van der Waals surface area contributed by atoms with Crippen LogP contribution in [0.25, 0.3) is 0 Å². The zero-order chi connectivity index (χ0) is 11.3. The molecule has 0 aliphatic rings. The maximum absolute atomic E-state index is 10.7. The average molecular weight is 210 g/mol. The Bertz CT molecular complexity index is 341. The highest BCUT2D eigenvalue weighted by molar-refractivity contribution is 5.86. The summed E-state index contributed by atoms with van der Waals surface area (Å²) in [7, 11) is 0. The van der Waals surface area contributed by atoms with Crippen molar-refractivity contribution in [3.05, 3.63) is 24.0 Å². The van der Waals surface area contributed by atoms with Crippen molar-refractivity contribution in [1.82, 2.24) is 4.98 Å². The lowest BCUT2D eigenvalue weighted by atomic mass is 10.3. The normalized spacial score (nSPS) is 10.0. The predicted molar refractivity (Wildman–Crippen MR) is 56.2 cm³/mol. The number of carboxylic acids is 1. The number of aromatic nitrogens is 1. The minimum absolute atomic E-state index is 0.0175. The molecule has 0 spiro atoms. The third kappa shape index (κ3) is 2.92. The molecule has 0 atom stereocenters. The molecular weight excluding hydrogens is 196 g/mol. The molecule has 0 bridgehead atoms. The Morgan fingerprint density at radius 3 is 2.87 bits per heavy atom. The molecule has 0 amide bonds. The highest BCUT2D eigenvalue weighted by atomic mass is 16.4. The Morgan fingerprint density at radius 1 is 1.60 bits per heavy atom. The second-order valence-electron chi connectivity index (χ2n) is 3.01. The van der Waals surface area contributed by atoms with Gasteiger partial charge in [-0.2, -0.15) is 0 Å². The van der Waals surface area contributed by atoms with E-state index >= 15 is 0 Å². The number of carbonyl (C=O) groups is 1. The SMILES string of the molecule is CCN(CCO)c1ccnc(C(=O)O)c1. The lowest BCUT2D eigenvalue weighted by Crippen LogP contribution is -2.26. The Balaban J connectivity index is 2.92. The van der Waals surface area contributed by atoms with Crippen molar-refractivity contribution < 1.29 is 15.0 Å². The van der Waals surface area contributed by atoms with E-state index in [9.17, 15) is 4.79 Å².